The molecule has 0 amide bonds. The Hall–Kier alpha value is -4.85. The Kier molecular flexibility index (Phi) is 7.52. The summed E-state index contributed by atoms with van der Waals surface area (Å²) in [7, 11) is 0. The highest BCUT2D eigenvalue weighted by atomic mass is 19.1. The zero-order valence-electron chi connectivity index (χ0n) is 23.1. The van der Waals surface area contributed by atoms with Crippen LogP contribution in [0.4, 0.5) is 4.39 Å². The van der Waals surface area contributed by atoms with Crippen LogP contribution in [0.15, 0.2) is 88.3 Å². The second-order valence-electron chi connectivity index (χ2n) is 10.9. The lowest BCUT2D eigenvalue weighted by Gasteiger charge is -2.52. The van der Waals surface area contributed by atoms with E-state index < -0.39 is 41.4 Å². The van der Waals surface area contributed by atoms with Gasteiger partial charge >= 0.3 is 11.6 Å². The van der Waals surface area contributed by atoms with Gasteiger partial charge in [0.25, 0.3) is 0 Å². The number of esters is 1. The van der Waals surface area contributed by atoms with Crippen molar-refractivity contribution in [1.82, 2.24) is 4.98 Å². The summed E-state index contributed by atoms with van der Waals surface area (Å²) in [5, 5.41) is 20.7. The van der Waals surface area contributed by atoms with Crippen LogP contribution in [0.5, 0.6) is 5.75 Å². The summed E-state index contributed by atoms with van der Waals surface area (Å²) in [4.78, 5) is 30.5. The first kappa shape index (κ1) is 28.3. The Morgan fingerprint density at radius 2 is 1.93 bits per heavy atom. The molecular weight excluding hydrogens is 555 g/mol. The first-order chi connectivity index (χ1) is 20.7. The monoisotopic (exact) mass is 582 g/mol. The molecule has 2 aromatic heterocycles. The van der Waals surface area contributed by atoms with Crippen molar-refractivity contribution < 1.29 is 32.9 Å². The molecule has 3 heterocycles. The number of aromatic nitrogens is 1. The highest BCUT2D eigenvalue weighted by molar-refractivity contribution is 5.89. The van der Waals surface area contributed by atoms with Crippen LogP contribution in [0.2, 0.25) is 0 Å². The number of aliphatic hydroxyl groups excluding tert-OH is 1. The summed E-state index contributed by atoms with van der Waals surface area (Å²) in [5.74, 6) is -1.36. The van der Waals surface area contributed by atoms with Crippen molar-refractivity contribution >= 4 is 5.97 Å². The van der Waals surface area contributed by atoms with Crippen LogP contribution in [0.1, 0.15) is 52.9 Å². The molecule has 6 rings (SSSR count). The quantitative estimate of drug-likeness (QED) is 0.308. The molecule has 1 aliphatic heterocycles. The van der Waals surface area contributed by atoms with Gasteiger partial charge in [0.1, 0.15) is 34.6 Å². The van der Waals surface area contributed by atoms with Gasteiger partial charge in [-0.2, -0.15) is 5.26 Å². The van der Waals surface area contributed by atoms with Crippen molar-refractivity contribution in [3.63, 3.8) is 0 Å². The maximum atomic E-state index is 13.4. The summed E-state index contributed by atoms with van der Waals surface area (Å²) in [6, 6.07) is 18.9. The number of pyridine rings is 1. The fourth-order valence-electron chi connectivity index (χ4n) is 5.80. The molecule has 218 valence electrons. The van der Waals surface area contributed by atoms with E-state index in [2.05, 4.69) is 4.98 Å². The number of aliphatic hydroxyl groups is 1. The summed E-state index contributed by atoms with van der Waals surface area (Å²) in [6.07, 6.45) is 0.951. The van der Waals surface area contributed by atoms with Gasteiger partial charge in [-0.3, -0.25) is 4.98 Å². The number of benzene rings is 2. The Balaban J connectivity index is 1.34. The molecule has 0 bridgehead atoms. The van der Waals surface area contributed by atoms with Crippen molar-refractivity contribution in [2.24, 2.45) is 5.92 Å². The molecule has 2 aromatic carbocycles. The summed E-state index contributed by atoms with van der Waals surface area (Å²) < 4.78 is 37.6. The van der Waals surface area contributed by atoms with E-state index in [1.165, 1.54) is 42.5 Å². The second-order valence-corrected chi connectivity index (χ2v) is 10.9. The van der Waals surface area contributed by atoms with Crippen LogP contribution in [-0.4, -0.2) is 33.9 Å². The van der Waals surface area contributed by atoms with E-state index in [4.69, 9.17) is 23.9 Å². The fraction of sp³-hybridized carbons (Fsp3) is 0.273. The van der Waals surface area contributed by atoms with Gasteiger partial charge in [0.15, 0.2) is 0 Å². The summed E-state index contributed by atoms with van der Waals surface area (Å²) >= 11 is 0. The fourth-order valence-corrected chi connectivity index (χ4v) is 5.80. The van der Waals surface area contributed by atoms with Crippen LogP contribution in [0, 0.1) is 23.1 Å². The average molecular weight is 583 g/mol. The Morgan fingerprint density at radius 3 is 2.63 bits per heavy atom. The summed E-state index contributed by atoms with van der Waals surface area (Å²) in [5.41, 5.74) is -0.0777. The molecule has 1 fully saturated rings. The first-order valence-corrected chi connectivity index (χ1v) is 13.8. The van der Waals surface area contributed by atoms with Gasteiger partial charge in [0.05, 0.1) is 36.0 Å². The largest absolute Gasteiger partial charge is 0.482 e. The Morgan fingerprint density at radius 1 is 1.16 bits per heavy atom. The molecule has 10 heteroatoms. The minimum atomic E-state index is -1.30. The molecule has 1 saturated carbocycles. The van der Waals surface area contributed by atoms with Gasteiger partial charge in [-0.1, -0.05) is 12.1 Å². The van der Waals surface area contributed by atoms with E-state index in [0.717, 1.165) is 5.56 Å². The van der Waals surface area contributed by atoms with E-state index in [9.17, 15) is 19.1 Å². The Bertz CT molecular complexity index is 1730. The molecule has 0 spiro atoms. The number of hydrogen-bond donors (Lipinski definition) is 1. The highest BCUT2D eigenvalue weighted by Gasteiger charge is 2.58. The standard InChI is InChI=1S/C33H27FN2O7/c1-33-25(30(37)29-27(43-33)15-26(41-32(29)39)22-3-2-12-36-17-22)13-24(40-18-20-6-10-23(34)11-7-20)14-28(33)42-31(38)21-8-4-19(16-35)5-9-21/h2-12,15,17,24-25,28,30,37H,13-14,18H2,1H3/t24-,25?,28-,30?,33-/m1/s1. The molecule has 0 radical (unpaired) electrons. The van der Waals surface area contributed by atoms with Crippen LogP contribution in [0.3, 0.4) is 0 Å². The number of fused-ring (bicyclic) bond motifs is 2. The predicted octanol–water partition coefficient (Wildman–Crippen LogP) is 5.12. The normalized spacial score (nSPS) is 24.1. The maximum Gasteiger partial charge on any atom is 0.345 e. The van der Waals surface area contributed by atoms with Crippen LogP contribution < -0.4 is 10.4 Å². The third kappa shape index (κ3) is 5.52. The van der Waals surface area contributed by atoms with Crippen molar-refractivity contribution in [1.29, 1.82) is 5.26 Å². The number of halogens is 1. The van der Waals surface area contributed by atoms with E-state index in [1.54, 1.807) is 43.6 Å². The number of nitriles is 1. The minimum absolute atomic E-state index is 0.0218. The number of carbonyl (C=O) groups is 1. The van der Waals surface area contributed by atoms with Gasteiger partial charge in [0, 0.05) is 36.4 Å². The SMILES string of the molecule is C[C@@]12Oc3cc(-c4cccnc4)oc(=O)c3C(O)C1C[C@@H](OCc1ccc(F)cc1)C[C@H]2OC(=O)c1ccc(C#N)cc1. The molecule has 0 saturated heterocycles. The predicted molar refractivity (Wildman–Crippen MR) is 150 cm³/mol. The lowest BCUT2D eigenvalue weighted by Crippen LogP contribution is -2.61. The van der Waals surface area contributed by atoms with Gasteiger partial charge in [-0.05, 0) is 67.4 Å². The van der Waals surface area contributed by atoms with E-state index in [1.807, 2.05) is 6.07 Å². The molecule has 1 N–H and O–H groups in total. The highest BCUT2D eigenvalue weighted by Crippen LogP contribution is 2.51. The van der Waals surface area contributed by atoms with Crippen LogP contribution in [-0.2, 0) is 16.1 Å². The zero-order chi connectivity index (χ0) is 30.1. The van der Waals surface area contributed by atoms with E-state index in [0.29, 0.717) is 11.1 Å². The molecule has 4 aromatic rings. The van der Waals surface area contributed by atoms with Gasteiger partial charge in [0.2, 0.25) is 0 Å². The molecule has 1 aliphatic carbocycles. The molecule has 5 atom stereocenters. The number of rotatable bonds is 6. The second kappa shape index (κ2) is 11.4. The van der Waals surface area contributed by atoms with E-state index >= 15 is 0 Å². The van der Waals surface area contributed by atoms with Crippen molar-refractivity contribution in [2.75, 3.05) is 0 Å². The van der Waals surface area contributed by atoms with Crippen molar-refractivity contribution in [2.45, 2.75) is 50.3 Å². The van der Waals surface area contributed by atoms with Gasteiger partial charge < -0.3 is 23.7 Å². The lowest BCUT2D eigenvalue weighted by atomic mass is 9.67. The van der Waals surface area contributed by atoms with Crippen LogP contribution >= 0.6 is 0 Å². The smallest absolute Gasteiger partial charge is 0.345 e. The molecule has 2 unspecified atom stereocenters. The molecule has 43 heavy (non-hydrogen) atoms. The third-order valence-electron chi connectivity index (χ3n) is 8.17. The Labute approximate surface area is 246 Å². The molecule has 9 nitrogen and oxygen atoms in total. The maximum absolute atomic E-state index is 13.4. The lowest BCUT2D eigenvalue weighted by molar-refractivity contribution is -0.185. The first-order valence-electron chi connectivity index (χ1n) is 13.8. The number of carbonyl (C=O) groups excluding carboxylic acids is 1. The third-order valence-corrected chi connectivity index (χ3v) is 8.17. The minimum Gasteiger partial charge on any atom is -0.482 e. The molecule has 2 aliphatic rings. The topological polar surface area (TPSA) is 132 Å². The summed E-state index contributed by atoms with van der Waals surface area (Å²) in [6.45, 7) is 1.91. The van der Waals surface area contributed by atoms with Crippen molar-refractivity contribution in [3.8, 4) is 23.1 Å². The van der Waals surface area contributed by atoms with Gasteiger partial charge in [-0.15, -0.1) is 0 Å². The number of ether oxygens (including phenoxy) is 3. The number of nitrogens with zero attached hydrogens (tertiary/aromatic N) is 2. The average Bonchev–Trinajstić information content (AvgIpc) is 3.01. The van der Waals surface area contributed by atoms with Gasteiger partial charge in [-0.25, -0.2) is 14.0 Å². The van der Waals surface area contributed by atoms with Crippen LogP contribution in [0.25, 0.3) is 11.3 Å². The number of hydrogen-bond acceptors (Lipinski definition) is 9. The van der Waals surface area contributed by atoms with Crippen molar-refractivity contribution in [3.05, 3.63) is 118 Å². The zero-order valence-corrected chi connectivity index (χ0v) is 23.1. The molecular formula is C33H27FN2O7. The van der Waals surface area contributed by atoms with E-state index in [-0.39, 0.29) is 47.9 Å².